The van der Waals surface area contributed by atoms with Crippen molar-refractivity contribution in [3.05, 3.63) is 41.2 Å². The molecule has 2 aromatic heterocycles. The first kappa shape index (κ1) is 18.4. The molecule has 0 saturated heterocycles. The van der Waals surface area contributed by atoms with Gasteiger partial charge in [-0.25, -0.2) is 14.8 Å². The van der Waals surface area contributed by atoms with Crippen LogP contribution in [0.3, 0.4) is 0 Å². The number of nitrogens with one attached hydrogen (secondary N) is 4. The molecule has 0 radical (unpaired) electrons. The van der Waals surface area contributed by atoms with Crippen molar-refractivity contribution in [3.8, 4) is 11.3 Å². The molecule has 0 bridgehead atoms. The molecule has 1 aromatic carbocycles. The highest BCUT2D eigenvalue weighted by atomic mass is 16.4. The zero-order valence-corrected chi connectivity index (χ0v) is 16.5. The molecule has 1 fully saturated rings. The van der Waals surface area contributed by atoms with Gasteiger partial charge in [-0.15, -0.1) is 0 Å². The van der Waals surface area contributed by atoms with Crippen molar-refractivity contribution >= 4 is 28.9 Å². The van der Waals surface area contributed by atoms with Crippen molar-refractivity contribution in [2.45, 2.75) is 38.3 Å². The molecule has 1 aliphatic carbocycles. The molecule has 2 amide bonds. The standard InChI is InChI=1S/C21H22N6O3/c1-10-19(24-11-7-12(8-11)25-21(29)30)27-18-13(3-2-4-16(18)23-10)17-9-14-15(26-17)5-6-22-20(14)28/h2-4,9,11-12,25-26H,5-8H2,1H3,(H,22,28)(H,24,27)(H,29,30). The predicted octanol–water partition coefficient (Wildman–Crippen LogP) is 2.43. The maximum absolute atomic E-state index is 12.1. The number of H-pyrrole nitrogens is 1. The number of benzene rings is 1. The first-order valence-corrected chi connectivity index (χ1v) is 10.0. The minimum absolute atomic E-state index is 0.0272. The molecule has 0 atom stereocenters. The summed E-state index contributed by atoms with van der Waals surface area (Å²) < 4.78 is 0. The van der Waals surface area contributed by atoms with E-state index in [1.165, 1.54) is 0 Å². The van der Waals surface area contributed by atoms with E-state index in [1.54, 1.807) is 0 Å². The number of aryl methyl sites for hydroxylation is 1. The van der Waals surface area contributed by atoms with Gasteiger partial charge in [0, 0.05) is 42.0 Å². The monoisotopic (exact) mass is 406 g/mol. The van der Waals surface area contributed by atoms with Crippen molar-refractivity contribution in [1.82, 2.24) is 25.6 Å². The molecular weight excluding hydrogens is 384 g/mol. The lowest BCUT2D eigenvalue weighted by Gasteiger charge is -2.36. The van der Waals surface area contributed by atoms with E-state index in [0.717, 1.165) is 40.1 Å². The van der Waals surface area contributed by atoms with E-state index in [2.05, 4.69) is 20.9 Å². The van der Waals surface area contributed by atoms with Gasteiger partial charge in [-0.3, -0.25) is 4.79 Å². The maximum Gasteiger partial charge on any atom is 0.404 e. The quantitative estimate of drug-likeness (QED) is 0.452. The number of nitrogens with zero attached hydrogens (tertiary/aromatic N) is 2. The normalized spacial score (nSPS) is 20.2. The van der Waals surface area contributed by atoms with Gasteiger partial charge in [0.1, 0.15) is 11.3 Å². The Morgan fingerprint density at radius 3 is 2.80 bits per heavy atom. The minimum Gasteiger partial charge on any atom is -0.465 e. The topological polar surface area (TPSA) is 132 Å². The Morgan fingerprint density at radius 1 is 1.20 bits per heavy atom. The zero-order valence-electron chi connectivity index (χ0n) is 16.5. The lowest BCUT2D eigenvalue weighted by molar-refractivity contribution is 0.0946. The Balaban J connectivity index is 1.47. The van der Waals surface area contributed by atoms with E-state index in [4.69, 9.17) is 15.1 Å². The third-order valence-corrected chi connectivity index (χ3v) is 5.77. The van der Waals surface area contributed by atoms with Crippen molar-refractivity contribution in [2.24, 2.45) is 0 Å². The number of hydrogen-bond donors (Lipinski definition) is 5. The van der Waals surface area contributed by atoms with Crippen LogP contribution in [0.15, 0.2) is 24.3 Å². The molecule has 1 aliphatic heterocycles. The summed E-state index contributed by atoms with van der Waals surface area (Å²) in [6, 6.07) is 7.84. The summed E-state index contributed by atoms with van der Waals surface area (Å²) in [5.74, 6) is 0.639. The Morgan fingerprint density at radius 2 is 2.03 bits per heavy atom. The SMILES string of the molecule is Cc1nc2cccc(-c3cc4c([nH]3)CCNC4=O)c2nc1NC1CC(NC(=O)O)C1. The van der Waals surface area contributed by atoms with Gasteiger partial charge in [0.25, 0.3) is 5.91 Å². The third kappa shape index (κ3) is 3.22. The second kappa shape index (κ2) is 7.01. The van der Waals surface area contributed by atoms with Gasteiger partial charge in [-0.05, 0) is 31.9 Å². The van der Waals surface area contributed by atoms with Crippen molar-refractivity contribution in [3.63, 3.8) is 0 Å². The predicted molar refractivity (Wildman–Crippen MR) is 112 cm³/mol. The lowest BCUT2D eigenvalue weighted by Crippen LogP contribution is -2.49. The van der Waals surface area contributed by atoms with Crippen LogP contribution < -0.4 is 16.0 Å². The Hall–Kier alpha value is -3.62. The summed E-state index contributed by atoms with van der Waals surface area (Å²) in [6.07, 6.45) is 1.21. The third-order valence-electron chi connectivity index (χ3n) is 5.77. The summed E-state index contributed by atoms with van der Waals surface area (Å²) in [5, 5.41) is 17.6. The Kier molecular flexibility index (Phi) is 4.30. The van der Waals surface area contributed by atoms with Gasteiger partial charge in [-0.1, -0.05) is 12.1 Å². The van der Waals surface area contributed by atoms with Gasteiger partial charge in [-0.2, -0.15) is 0 Å². The van der Waals surface area contributed by atoms with Crippen LogP contribution >= 0.6 is 0 Å². The summed E-state index contributed by atoms with van der Waals surface area (Å²) in [6.45, 7) is 2.54. The molecule has 2 aliphatic rings. The minimum atomic E-state index is -0.993. The molecule has 154 valence electrons. The molecule has 0 spiro atoms. The van der Waals surface area contributed by atoms with Gasteiger partial charge in [0.15, 0.2) is 0 Å². The van der Waals surface area contributed by atoms with Gasteiger partial charge in [0.2, 0.25) is 0 Å². The molecule has 9 nitrogen and oxygen atoms in total. The number of aromatic amines is 1. The number of para-hydroxylation sites is 1. The van der Waals surface area contributed by atoms with Crippen molar-refractivity contribution in [2.75, 3.05) is 11.9 Å². The molecule has 3 aromatic rings. The number of aromatic nitrogens is 3. The molecule has 1 saturated carbocycles. The molecule has 0 unspecified atom stereocenters. The van der Waals surface area contributed by atoms with Crippen LogP contribution in [0.25, 0.3) is 22.3 Å². The maximum atomic E-state index is 12.1. The molecule has 5 rings (SSSR count). The second-order valence-electron chi connectivity index (χ2n) is 7.87. The van der Waals surface area contributed by atoms with Crippen LogP contribution in [0.1, 0.15) is 34.6 Å². The number of hydrogen-bond acceptors (Lipinski definition) is 5. The summed E-state index contributed by atoms with van der Waals surface area (Å²) in [5.41, 5.74) is 5.69. The van der Waals surface area contributed by atoms with E-state index in [0.29, 0.717) is 30.8 Å². The van der Waals surface area contributed by atoms with Crippen LogP contribution in [0.5, 0.6) is 0 Å². The molecule has 5 N–H and O–H groups in total. The van der Waals surface area contributed by atoms with Gasteiger partial charge in [0.05, 0.1) is 16.8 Å². The van der Waals surface area contributed by atoms with E-state index < -0.39 is 6.09 Å². The highest BCUT2D eigenvalue weighted by molar-refractivity contribution is 5.99. The Labute approximate surface area is 172 Å². The Bertz CT molecular complexity index is 1170. The van der Waals surface area contributed by atoms with Crippen LogP contribution in [-0.2, 0) is 6.42 Å². The lowest BCUT2D eigenvalue weighted by atomic mass is 9.87. The van der Waals surface area contributed by atoms with Crippen LogP contribution in [0, 0.1) is 6.92 Å². The van der Waals surface area contributed by atoms with Crippen molar-refractivity contribution < 1.29 is 14.7 Å². The summed E-state index contributed by atoms with van der Waals surface area (Å²) in [4.78, 5) is 35.8. The molecule has 3 heterocycles. The summed E-state index contributed by atoms with van der Waals surface area (Å²) >= 11 is 0. The number of carbonyl (C=O) groups excluding carboxylic acids is 1. The average Bonchev–Trinajstić information content (AvgIpc) is 3.11. The van der Waals surface area contributed by atoms with Crippen LogP contribution in [-0.4, -0.2) is 50.7 Å². The fourth-order valence-corrected chi connectivity index (χ4v) is 4.18. The van der Waals surface area contributed by atoms with Crippen LogP contribution in [0.2, 0.25) is 0 Å². The largest absolute Gasteiger partial charge is 0.465 e. The average molecular weight is 406 g/mol. The molecule has 9 heteroatoms. The number of amides is 2. The second-order valence-corrected chi connectivity index (χ2v) is 7.87. The summed E-state index contributed by atoms with van der Waals surface area (Å²) in [7, 11) is 0. The van der Waals surface area contributed by atoms with Gasteiger partial charge < -0.3 is 26.0 Å². The van der Waals surface area contributed by atoms with Crippen molar-refractivity contribution in [1.29, 1.82) is 0 Å². The number of rotatable bonds is 4. The van der Waals surface area contributed by atoms with E-state index >= 15 is 0 Å². The fraction of sp³-hybridized carbons (Fsp3) is 0.333. The van der Waals surface area contributed by atoms with E-state index in [1.807, 2.05) is 31.2 Å². The van der Waals surface area contributed by atoms with E-state index in [9.17, 15) is 9.59 Å². The van der Waals surface area contributed by atoms with E-state index in [-0.39, 0.29) is 18.0 Å². The first-order chi connectivity index (χ1) is 14.5. The fourth-order valence-electron chi connectivity index (χ4n) is 4.18. The number of fused-ring (bicyclic) bond motifs is 2. The van der Waals surface area contributed by atoms with Crippen LogP contribution in [0.4, 0.5) is 10.6 Å². The zero-order chi connectivity index (χ0) is 20.8. The number of carboxylic acid groups (broad SMARTS) is 1. The molecular formula is C21H22N6O3. The highest BCUT2D eigenvalue weighted by Crippen LogP contribution is 2.31. The first-order valence-electron chi connectivity index (χ1n) is 10.0. The van der Waals surface area contributed by atoms with Gasteiger partial charge >= 0.3 is 6.09 Å². The molecule has 30 heavy (non-hydrogen) atoms. The smallest absolute Gasteiger partial charge is 0.404 e. The number of carbonyl (C=O) groups is 2. The highest BCUT2D eigenvalue weighted by Gasteiger charge is 2.31. The number of anilines is 1.